The van der Waals surface area contributed by atoms with Crippen molar-refractivity contribution in [1.29, 1.82) is 0 Å². The standard InChI is InChI=1S/C16H17N7O5/c1-20-13-12(14(25)21(2)16(20)26)22(7-8-24)15(18-13)19-17-9-10-3-5-11(6-4-10)23(27)28/h3-6,9,24H,7-8H2,1-2H3,(H,18,19)/b17-9-. The summed E-state index contributed by atoms with van der Waals surface area (Å²) >= 11 is 0. The molecule has 2 aromatic heterocycles. The minimum Gasteiger partial charge on any atom is -0.395 e. The van der Waals surface area contributed by atoms with Crippen molar-refractivity contribution in [2.75, 3.05) is 12.0 Å². The van der Waals surface area contributed by atoms with Gasteiger partial charge >= 0.3 is 5.69 Å². The number of fused-ring (bicyclic) bond motifs is 1. The maximum Gasteiger partial charge on any atom is 0.332 e. The van der Waals surface area contributed by atoms with Crippen LogP contribution in [-0.2, 0) is 20.6 Å². The average Bonchev–Trinajstić information content (AvgIpc) is 3.04. The molecule has 0 aliphatic carbocycles. The summed E-state index contributed by atoms with van der Waals surface area (Å²) in [5.74, 6) is 0.167. The molecule has 3 aromatic rings. The Bertz CT molecular complexity index is 1190. The lowest BCUT2D eigenvalue weighted by molar-refractivity contribution is -0.384. The van der Waals surface area contributed by atoms with Crippen LogP contribution in [0.5, 0.6) is 0 Å². The van der Waals surface area contributed by atoms with Crippen molar-refractivity contribution in [3.05, 3.63) is 60.8 Å². The van der Waals surface area contributed by atoms with Crippen LogP contribution in [0.25, 0.3) is 11.2 Å². The second-order valence-corrected chi connectivity index (χ2v) is 5.91. The highest BCUT2D eigenvalue weighted by molar-refractivity contribution is 5.81. The van der Waals surface area contributed by atoms with Crippen molar-refractivity contribution in [1.82, 2.24) is 18.7 Å². The van der Waals surface area contributed by atoms with E-state index in [-0.39, 0.29) is 36.0 Å². The summed E-state index contributed by atoms with van der Waals surface area (Å²) in [7, 11) is 2.85. The number of anilines is 1. The number of hydrazone groups is 1. The van der Waals surface area contributed by atoms with E-state index < -0.39 is 16.2 Å². The van der Waals surface area contributed by atoms with E-state index in [2.05, 4.69) is 15.5 Å². The molecule has 0 unspecified atom stereocenters. The highest BCUT2D eigenvalue weighted by Gasteiger charge is 2.18. The van der Waals surface area contributed by atoms with E-state index >= 15 is 0 Å². The number of non-ortho nitro benzene ring substituents is 1. The van der Waals surface area contributed by atoms with Crippen LogP contribution in [-0.4, -0.2) is 41.5 Å². The highest BCUT2D eigenvalue weighted by Crippen LogP contribution is 2.15. The molecule has 0 saturated carbocycles. The van der Waals surface area contributed by atoms with Crippen molar-refractivity contribution in [3.8, 4) is 0 Å². The van der Waals surface area contributed by atoms with Crippen molar-refractivity contribution < 1.29 is 10.0 Å². The zero-order valence-electron chi connectivity index (χ0n) is 15.1. The third-order valence-electron chi connectivity index (χ3n) is 4.15. The topological polar surface area (TPSA) is 150 Å². The number of aliphatic hydroxyl groups is 1. The maximum atomic E-state index is 12.5. The fourth-order valence-corrected chi connectivity index (χ4v) is 2.70. The lowest BCUT2D eigenvalue weighted by Crippen LogP contribution is -2.37. The number of hydrogen-bond acceptors (Lipinski definition) is 8. The van der Waals surface area contributed by atoms with E-state index in [4.69, 9.17) is 0 Å². The number of nitrogens with one attached hydrogen (secondary N) is 1. The Morgan fingerprint density at radius 2 is 1.93 bits per heavy atom. The van der Waals surface area contributed by atoms with Gasteiger partial charge in [0.1, 0.15) is 0 Å². The SMILES string of the molecule is Cn1c(=O)c2c(nc(N/N=C\c3ccc([N+](=O)[O-])cc3)n2CCO)n(C)c1=O. The largest absolute Gasteiger partial charge is 0.395 e. The van der Waals surface area contributed by atoms with Crippen LogP contribution < -0.4 is 16.7 Å². The molecule has 2 heterocycles. The fraction of sp³-hybridized carbons (Fsp3) is 0.250. The zero-order chi connectivity index (χ0) is 20.4. The van der Waals surface area contributed by atoms with Crippen LogP contribution in [0.15, 0.2) is 39.0 Å². The van der Waals surface area contributed by atoms with Gasteiger partial charge in [-0.15, -0.1) is 0 Å². The molecule has 0 aliphatic rings. The van der Waals surface area contributed by atoms with Gasteiger partial charge in [0, 0.05) is 32.8 Å². The molecule has 0 aliphatic heterocycles. The zero-order valence-corrected chi connectivity index (χ0v) is 15.1. The van der Waals surface area contributed by atoms with Gasteiger partial charge in [0.15, 0.2) is 11.2 Å². The van der Waals surface area contributed by atoms with Gasteiger partial charge in [0.25, 0.3) is 11.2 Å². The first-order valence-electron chi connectivity index (χ1n) is 8.15. The molecule has 2 N–H and O–H groups in total. The summed E-state index contributed by atoms with van der Waals surface area (Å²) in [6, 6.07) is 5.75. The number of aryl methyl sites for hydroxylation is 1. The van der Waals surface area contributed by atoms with Crippen LogP contribution in [0, 0.1) is 10.1 Å². The predicted octanol–water partition coefficient (Wildman–Crippen LogP) is -0.220. The number of imidazole rings is 1. The van der Waals surface area contributed by atoms with Gasteiger partial charge in [-0.1, -0.05) is 0 Å². The predicted molar refractivity (Wildman–Crippen MR) is 102 cm³/mol. The molecule has 0 fully saturated rings. The van der Waals surface area contributed by atoms with E-state index in [0.29, 0.717) is 5.56 Å². The monoisotopic (exact) mass is 387 g/mol. The third kappa shape index (κ3) is 3.27. The fourth-order valence-electron chi connectivity index (χ4n) is 2.70. The van der Waals surface area contributed by atoms with Gasteiger partial charge < -0.3 is 9.67 Å². The molecular formula is C16H17N7O5. The average molecular weight is 387 g/mol. The van der Waals surface area contributed by atoms with Gasteiger partial charge in [-0.05, 0) is 17.7 Å². The first-order valence-corrected chi connectivity index (χ1v) is 8.15. The summed E-state index contributed by atoms with van der Waals surface area (Å²) < 4.78 is 3.63. The smallest absolute Gasteiger partial charge is 0.332 e. The highest BCUT2D eigenvalue weighted by atomic mass is 16.6. The Balaban J connectivity index is 1.98. The Labute approximate surface area is 157 Å². The second kappa shape index (κ2) is 7.44. The molecule has 0 spiro atoms. The summed E-state index contributed by atoms with van der Waals surface area (Å²) in [6.07, 6.45) is 1.42. The first-order chi connectivity index (χ1) is 13.3. The van der Waals surface area contributed by atoms with E-state index in [0.717, 1.165) is 4.57 Å². The van der Waals surface area contributed by atoms with Crippen LogP contribution in [0.4, 0.5) is 11.6 Å². The van der Waals surface area contributed by atoms with E-state index in [1.807, 2.05) is 0 Å². The summed E-state index contributed by atoms with van der Waals surface area (Å²) in [5, 5.41) is 24.0. The molecule has 28 heavy (non-hydrogen) atoms. The quantitative estimate of drug-likeness (QED) is 0.337. The normalized spacial score (nSPS) is 11.4. The number of nitro benzene ring substituents is 1. The van der Waals surface area contributed by atoms with E-state index in [1.54, 1.807) is 0 Å². The number of nitrogens with zero attached hydrogens (tertiary/aromatic N) is 6. The van der Waals surface area contributed by atoms with Gasteiger partial charge in [-0.3, -0.25) is 24.0 Å². The minimum absolute atomic E-state index is 0.0355. The molecule has 0 amide bonds. The van der Waals surface area contributed by atoms with Gasteiger partial charge in [-0.2, -0.15) is 10.1 Å². The van der Waals surface area contributed by atoms with Crippen molar-refractivity contribution in [3.63, 3.8) is 0 Å². The summed E-state index contributed by atoms with van der Waals surface area (Å²) in [4.78, 5) is 39.0. The van der Waals surface area contributed by atoms with Crippen LogP contribution >= 0.6 is 0 Å². The third-order valence-corrected chi connectivity index (χ3v) is 4.15. The molecule has 0 radical (unpaired) electrons. The molecule has 12 heteroatoms. The molecule has 0 bridgehead atoms. The second-order valence-electron chi connectivity index (χ2n) is 5.91. The summed E-state index contributed by atoms with van der Waals surface area (Å²) in [6.45, 7) is -0.183. The number of aliphatic hydroxyl groups excluding tert-OH is 1. The van der Waals surface area contributed by atoms with E-state index in [9.17, 15) is 24.8 Å². The molecule has 12 nitrogen and oxygen atoms in total. The lowest BCUT2D eigenvalue weighted by Gasteiger charge is -2.07. The Morgan fingerprint density at radius 3 is 2.54 bits per heavy atom. The van der Waals surface area contributed by atoms with Gasteiger partial charge in [0.2, 0.25) is 5.95 Å². The molecular weight excluding hydrogens is 370 g/mol. The van der Waals surface area contributed by atoms with E-state index in [1.165, 1.54) is 53.7 Å². The minimum atomic E-state index is -0.536. The molecule has 3 rings (SSSR count). The Morgan fingerprint density at radius 1 is 1.25 bits per heavy atom. The van der Waals surface area contributed by atoms with Crippen molar-refractivity contribution >= 4 is 29.0 Å². The Kier molecular flexibility index (Phi) is 5.04. The first kappa shape index (κ1) is 19.0. The van der Waals surface area contributed by atoms with Crippen LogP contribution in [0.3, 0.4) is 0 Å². The number of hydrogen-bond donors (Lipinski definition) is 2. The summed E-state index contributed by atoms with van der Waals surface area (Å²) in [5.41, 5.74) is 2.51. The molecule has 0 saturated heterocycles. The lowest BCUT2D eigenvalue weighted by atomic mass is 10.2. The number of aromatic nitrogens is 4. The molecule has 1 aromatic carbocycles. The van der Waals surface area contributed by atoms with Crippen LogP contribution in [0.1, 0.15) is 5.56 Å². The van der Waals surface area contributed by atoms with Gasteiger partial charge in [-0.25, -0.2) is 10.2 Å². The number of nitro groups is 1. The molecule has 146 valence electrons. The Hall–Kier alpha value is -3.80. The van der Waals surface area contributed by atoms with Crippen molar-refractivity contribution in [2.24, 2.45) is 19.2 Å². The number of rotatable bonds is 6. The van der Waals surface area contributed by atoms with Crippen LogP contribution in [0.2, 0.25) is 0 Å². The number of benzene rings is 1. The maximum absolute atomic E-state index is 12.5. The van der Waals surface area contributed by atoms with Gasteiger partial charge in [0.05, 0.1) is 17.7 Å². The molecule has 0 atom stereocenters. The van der Waals surface area contributed by atoms with Crippen molar-refractivity contribution in [2.45, 2.75) is 6.54 Å².